The molecule has 1 atom stereocenters. The zero-order valence-corrected chi connectivity index (χ0v) is 12.6. The van der Waals surface area contributed by atoms with E-state index in [-0.39, 0.29) is 16.5 Å². The number of carboxylic acids is 1. The Kier molecular flexibility index (Phi) is 7.59. The number of amides is 1. The zero-order chi connectivity index (χ0) is 16.5. The van der Waals surface area contributed by atoms with E-state index in [1.165, 1.54) is 18.3 Å². The maximum absolute atomic E-state index is 11.2. The van der Waals surface area contributed by atoms with Crippen LogP contribution in [-0.4, -0.2) is 45.3 Å². The van der Waals surface area contributed by atoms with Crippen LogP contribution in [-0.2, 0) is 14.4 Å². The number of hydrogen-bond donors (Lipinski definition) is 3. The molecule has 0 saturated heterocycles. The van der Waals surface area contributed by atoms with Gasteiger partial charge in [-0.1, -0.05) is 10.8 Å². The highest BCUT2D eigenvalue weighted by Gasteiger charge is 2.21. The molecule has 1 aromatic heterocycles. The lowest BCUT2D eigenvalue weighted by molar-refractivity contribution is -0.388. The maximum Gasteiger partial charge on any atom is 0.327 e. The average molecular weight is 348 g/mol. The molecule has 1 unspecified atom stereocenters. The highest BCUT2D eigenvalue weighted by Crippen LogP contribution is 2.35. The third kappa shape index (κ3) is 5.85. The molecule has 0 aliphatic heterocycles. The van der Waals surface area contributed by atoms with E-state index in [2.05, 4.69) is 15.1 Å². The number of aromatic nitrogens is 1. The molecule has 0 radical (unpaired) electrons. The second kappa shape index (κ2) is 9.19. The minimum Gasteiger partial charge on any atom is -0.480 e. The first-order chi connectivity index (χ1) is 10.5. The quantitative estimate of drug-likeness (QED) is 0.319. The van der Waals surface area contributed by atoms with Crippen molar-refractivity contribution >= 4 is 39.2 Å². The number of nitrogens with one attached hydrogen (secondary N) is 1. The van der Waals surface area contributed by atoms with Gasteiger partial charge in [-0.15, -0.1) is 0 Å². The Bertz CT molecular complexity index is 558. The predicted octanol–water partition coefficient (Wildman–Crippen LogP) is 0.190. The minimum absolute atomic E-state index is 0.0238. The van der Waals surface area contributed by atoms with Crippen LogP contribution in [0.3, 0.4) is 0 Å². The Morgan fingerprint density at radius 3 is 2.91 bits per heavy atom. The Morgan fingerprint density at radius 2 is 2.32 bits per heavy atom. The first-order valence-electron chi connectivity index (χ1n) is 5.68. The van der Waals surface area contributed by atoms with Gasteiger partial charge < -0.3 is 10.4 Å². The highest BCUT2D eigenvalue weighted by molar-refractivity contribution is 8.76. The molecule has 0 aliphatic rings. The van der Waals surface area contributed by atoms with Gasteiger partial charge in [-0.05, 0) is 16.9 Å². The lowest BCUT2D eigenvalue weighted by atomic mass is 10.3. The molecule has 0 aromatic carbocycles. The van der Waals surface area contributed by atoms with Crippen LogP contribution in [0.1, 0.15) is 0 Å². The fourth-order valence-corrected chi connectivity index (χ4v) is 3.44. The average Bonchev–Trinajstić information content (AvgIpc) is 2.46. The molecule has 0 fully saturated rings. The molecule has 0 spiro atoms. The topological polar surface area (TPSA) is 158 Å². The van der Waals surface area contributed by atoms with Gasteiger partial charge in [0.15, 0.2) is 5.03 Å². The normalized spacial score (nSPS) is 11.7. The molecule has 12 heteroatoms. The fraction of sp³-hybridized carbons (Fsp3) is 0.300. The molecule has 0 saturated carbocycles. The lowest BCUT2D eigenvalue weighted by Gasteiger charge is -2.13. The largest absolute Gasteiger partial charge is 0.480 e. The van der Waals surface area contributed by atoms with E-state index in [1.54, 1.807) is 0 Å². The molecule has 0 aliphatic carbocycles. The summed E-state index contributed by atoms with van der Waals surface area (Å²) in [5.74, 6) is 2.77. The number of pyridine rings is 1. The molecule has 120 valence electrons. The summed E-state index contributed by atoms with van der Waals surface area (Å²) in [5, 5.41) is 22.2. The van der Waals surface area contributed by atoms with Crippen molar-refractivity contribution in [2.45, 2.75) is 11.1 Å². The van der Waals surface area contributed by atoms with Crippen molar-refractivity contribution < 1.29 is 24.5 Å². The van der Waals surface area contributed by atoms with Crippen LogP contribution in [0.15, 0.2) is 23.4 Å². The van der Waals surface area contributed by atoms with Gasteiger partial charge in [0.05, 0.1) is 4.92 Å². The summed E-state index contributed by atoms with van der Waals surface area (Å²) < 4.78 is 0. The first kappa shape index (κ1) is 18.2. The molecular formula is C10H12N4O6S2. The van der Waals surface area contributed by atoms with Crippen LogP contribution < -0.4 is 11.2 Å². The molecule has 10 nitrogen and oxygen atoms in total. The predicted molar refractivity (Wildman–Crippen MR) is 78.9 cm³/mol. The summed E-state index contributed by atoms with van der Waals surface area (Å²) in [4.78, 5) is 40.5. The van der Waals surface area contributed by atoms with Crippen molar-refractivity contribution in [2.24, 2.45) is 5.90 Å². The molecule has 1 amide bonds. The summed E-state index contributed by atoms with van der Waals surface area (Å²) >= 11 is 0. The standard InChI is InChI=1S/C10H12N4O6S2/c11-20-4-8(15)13-6(10(16)17)5-21-22-9-7(14(18)19)2-1-3-12-9/h1-3,6H,4-5,11H2,(H,13,15)(H,16,17). The molecule has 4 N–H and O–H groups in total. The molecule has 1 heterocycles. The van der Waals surface area contributed by atoms with E-state index in [9.17, 15) is 19.7 Å². The Balaban J connectivity index is 2.58. The number of carbonyl (C=O) groups excluding carboxylic acids is 1. The summed E-state index contributed by atoms with van der Waals surface area (Å²) in [6.45, 7) is -0.465. The molecule has 1 aromatic rings. The van der Waals surface area contributed by atoms with Crippen molar-refractivity contribution in [1.82, 2.24) is 10.3 Å². The number of nitro groups is 1. The van der Waals surface area contributed by atoms with Crippen LogP contribution in [0, 0.1) is 10.1 Å². The van der Waals surface area contributed by atoms with Gasteiger partial charge in [-0.25, -0.2) is 15.7 Å². The van der Waals surface area contributed by atoms with Gasteiger partial charge >= 0.3 is 11.7 Å². The molecule has 1 rings (SSSR count). The van der Waals surface area contributed by atoms with Crippen LogP contribution in [0.25, 0.3) is 0 Å². The Morgan fingerprint density at radius 1 is 1.59 bits per heavy atom. The summed E-state index contributed by atoms with van der Waals surface area (Å²) in [5.41, 5.74) is -0.174. The Hall–Kier alpha value is -1.89. The van der Waals surface area contributed by atoms with E-state index in [0.29, 0.717) is 0 Å². The number of carbonyl (C=O) groups is 2. The van der Waals surface area contributed by atoms with E-state index in [1.807, 2.05) is 0 Å². The molecular weight excluding hydrogens is 336 g/mol. The van der Waals surface area contributed by atoms with Gasteiger partial charge in [0.25, 0.3) is 0 Å². The highest BCUT2D eigenvalue weighted by atomic mass is 33.1. The number of rotatable bonds is 9. The van der Waals surface area contributed by atoms with E-state index in [4.69, 9.17) is 11.0 Å². The third-order valence-electron chi connectivity index (χ3n) is 2.17. The second-order valence-electron chi connectivity index (χ2n) is 3.72. The van der Waals surface area contributed by atoms with E-state index >= 15 is 0 Å². The summed E-state index contributed by atoms with van der Waals surface area (Å²) in [7, 11) is 1.97. The molecule has 22 heavy (non-hydrogen) atoms. The van der Waals surface area contributed by atoms with Gasteiger partial charge in [0.1, 0.15) is 12.6 Å². The van der Waals surface area contributed by atoms with E-state index < -0.39 is 29.4 Å². The third-order valence-corrected chi connectivity index (χ3v) is 4.46. The van der Waals surface area contributed by atoms with Crippen LogP contribution in [0.4, 0.5) is 5.69 Å². The van der Waals surface area contributed by atoms with Crippen molar-refractivity contribution in [2.75, 3.05) is 12.4 Å². The van der Waals surface area contributed by atoms with Crippen LogP contribution >= 0.6 is 21.6 Å². The minimum atomic E-state index is -1.24. The van der Waals surface area contributed by atoms with Crippen molar-refractivity contribution in [3.8, 4) is 0 Å². The van der Waals surface area contributed by atoms with Crippen molar-refractivity contribution in [3.63, 3.8) is 0 Å². The van der Waals surface area contributed by atoms with Gasteiger partial charge in [-0.3, -0.25) is 19.7 Å². The summed E-state index contributed by atoms with van der Waals surface area (Å²) in [6.07, 6.45) is 1.39. The first-order valence-corrected chi connectivity index (χ1v) is 8.00. The number of aliphatic carboxylic acids is 1. The maximum atomic E-state index is 11.2. The van der Waals surface area contributed by atoms with Crippen molar-refractivity contribution in [1.29, 1.82) is 0 Å². The zero-order valence-electron chi connectivity index (χ0n) is 11.0. The number of hydrogen-bond acceptors (Lipinski definition) is 9. The number of carboxylic acid groups (broad SMARTS) is 1. The van der Waals surface area contributed by atoms with Gasteiger partial charge in [0, 0.05) is 18.0 Å². The smallest absolute Gasteiger partial charge is 0.327 e. The van der Waals surface area contributed by atoms with Crippen LogP contribution in [0.5, 0.6) is 0 Å². The van der Waals surface area contributed by atoms with Gasteiger partial charge in [-0.2, -0.15) is 0 Å². The summed E-state index contributed by atoms with van der Waals surface area (Å²) in [6, 6.07) is 1.55. The molecule has 0 bridgehead atoms. The van der Waals surface area contributed by atoms with E-state index in [0.717, 1.165) is 21.6 Å². The van der Waals surface area contributed by atoms with Gasteiger partial charge in [0.2, 0.25) is 5.91 Å². The number of nitrogens with two attached hydrogens (primary N) is 1. The monoisotopic (exact) mass is 348 g/mol. The second-order valence-corrected chi connectivity index (χ2v) is 6.05. The van der Waals surface area contributed by atoms with Crippen molar-refractivity contribution in [3.05, 3.63) is 28.4 Å². The van der Waals surface area contributed by atoms with Crippen LogP contribution in [0.2, 0.25) is 0 Å². The number of nitrogens with zero attached hydrogens (tertiary/aromatic N) is 2. The lowest BCUT2D eigenvalue weighted by Crippen LogP contribution is -2.44. The Labute approximate surface area is 132 Å². The fourth-order valence-electron chi connectivity index (χ4n) is 1.23. The SMILES string of the molecule is NOCC(=O)NC(CSSc1ncccc1[N+](=O)[O-])C(=O)O.